The zero-order valence-electron chi connectivity index (χ0n) is 23.7. The lowest BCUT2D eigenvalue weighted by Crippen LogP contribution is -2.51. The summed E-state index contributed by atoms with van der Waals surface area (Å²) in [5.41, 5.74) is 4.95. The van der Waals surface area contributed by atoms with Crippen LogP contribution < -0.4 is 15.4 Å². The minimum atomic E-state index is -0.523. The lowest BCUT2D eigenvalue weighted by molar-refractivity contribution is -0.139. The van der Waals surface area contributed by atoms with Crippen LogP contribution in [0.5, 0.6) is 5.75 Å². The second-order valence-electron chi connectivity index (χ2n) is 11.3. The third kappa shape index (κ3) is 5.67. The van der Waals surface area contributed by atoms with E-state index in [0.717, 1.165) is 39.9 Å². The summed E-state index contributed by atoms with van der Waals surface area (Å²) >= 11 is 0. The Morgan fingerprint density at radius 2 is 1.90 bits per heavy atom. The van der Waals surface area contributed by atoms with Crippen molar-refractivity contribution in [2.75, 3.05) is 20.2 Å². The number of nitrogens with zero attached hydrogens (tertiary/aromatic N) is 6. The molecule has 0 unspecified atom stereocenters. The predicted octanol–water partition coefficient (Wildman–Crippen LogP) is 1.93. The Kier molecular flexibility index (Phi) is 7.44. The van der Waals surface area contributed by atoms with E-state index in [2.05, 4.69) is 38.2 Å². The van der Waals surface area contributed by atoms with Crippen molar-refractivity contribution in [3.8, 4) is 5.75 Å². The smallest absolute Gasteiger partial charge is 0.243 e. The topological polar surface area (TPSA) is 119 Å². The Hall–Kier alpha value is -4.25. The molecule has 0 aliphatic carbocycles. The van der Waals surface area contributed by atoms with Gasteiger partial charge in [0.25, 0.3) is 0 Å². The quantitative estimate of drug-likeness (QED) is 0.340. The molecule has 0 radical (unpaired) electrons. The largest absolute Gasteiger partial charge is 0.497 e. The summed E-state index contributed by atoms with van der Waals surface area (Å²) in [4.78, 5) is 29.3. The van der Waals surface area contributed by atoms with Crippen LogP contribution in [0.15, 0.2) is 54.9 Å². The van der Waals surface area contributed by atoms with Gasteiger partial charge in [-0.2, -0.15) is 5.10 Å². The zero-order chi connectivity index (χ0) is 28.5. The van der Waals surface area contributed by atoms with E-state index in [9.17, 15) is 9.59 Å². The van der Waals surface area contributed by atoms with Crippen LogP contribution in [0.4, 0.5) is 0 Å². The van der Waals surface area contributed by atoms with E-state index in [1.54, 1.807) is 21.4 Å². The lowest BCUT2D eigenvalue weighted by atomic mass is 9.96. The molecular weight excluding hydrogens is 520 g/mol. The van der Waals surface area contributed by atoms with E-state index in [1.807, 2.05) is 56.8 Å². The molecule has 11 nitrogen and oxygen atoms in total. The number of methoxy groups -OCH3 is 1. The monoisotopic (exact) mass is 556 g/mol. The Bertz CT molecular complexity index is 1540. The molecule has 41 heavy (non-hydrogen) atoms. The number of nitrogens with one attached hydrogen (secondary N) is 2. The number of likely N-dealkylation sites (tertiary alicyclic amines) is 1. The fraction of sp³-hybridized carbons (Fsp3) is 0.433. The minimum Gasteiger partial charge on any atom is -0.497 e. The molecule has 2 aliphatic heterocycles. The Labute approximate surface area is 238 Å². The van der Waals surface area contributed by atoms with E-state index in [1.165, 1.54) is 0 Å². The number of benzene rings is 2. The van der Waals surface area contributed by atoms with Gasteiger partial charge in [-0.15, -0.1) is 5.10 Å². The third-order valence-corrected chi connectivity index (χ3v) is 8.42. The van der Waals surface area contributed by atoms with Crippen molar-refractivity contribution >= 4 is 22.8 Å². The Morgan fingerprint density at radius 1 is 1.10 bits per heavy atom. The Morgan fingerprint density at radius 3 is 2.66 bits per heavy atom. The molecule has 2 amide bonds. The number of hydrogen-bond donors (Lipinski definition) is 2. The van der Waals surface area contributed by atoms with Crippen LogP contribution in [-0.4, -0.2) is 73.8 Å². The average molecular weight is 557 g/mol. The first-order valence-corrected chi connectivity index (χ1v) is 14.1. The molecule has 2 aromatic carbocycles. The highest BCUT2D eigenvalue weighted by Gasteiger charge is 2.43. The summed E-state index contributed by atoms with van der Waals surface area (Å²) in [7, 11) is 5.40. The summed E-state index contributed by atoms with van der Waals surface area (Å²) in [6, 6.07) is 13.0. The number of ether oxygens (including phenoxy) is 1. The number of fused-ring (bicyclic) bond motifs is 1. The number of carbonyl (C=O) groups excluding carboxylic acids is 2. The molecule has 0 spiro atoms. The maximum Gasteiger partial charge on any atom is 0.243 e. The number of hydrogen-bond acceptors (Lipinski definition) is 7. The molecule has 2 saturated heterocycles. The van der Waals surface area contributed by atoms with Gasteiger partial charge in [0.15, 0.2) is 0 Å². The first-order chi connectivity index (χ1) is 19.9. The number of rotatable bonds is 8. The van der Waals surface area contributed by atoms with Crippen molar-refractivity contribution in [2.24, 2.45) is 20.0 Å². The molecule has 214 valence electrons. The molecule has 2 fully saturated rings. The number of aromatic nitrogens is 5. The molecule has 2 aliphatic rings. The number of aryl methyl sites for hydroxylation is 2. The highest BCUT2D eigenvalue weighted by Crippen LogP contribution is 2.31. The van der Waals surface area contributed by atoms with Gasteiger partial charge < -0.3 is 20.3 Å². The van der Waals surface area contributed by atoms with E-state index in [0.29, 0.717) is 32.5 Å². The second kappa shape index (κ2) is 11.3. The van der Waals surface area contributed by atoms with Gasteiger partial charge in [-0.05, 0) is 66.1 Å². The molecular formula is C30H36N8O3. The number of amides is 2. The molecule has 11 heteroatoms. The van der Waals surface area contributed by atoms with Crippen molar-refractivity contribution in [2.45, 2.75) is 43.8 Å². The molecule has 2 N–H and O–H groups in total. The van der Waals surface area contributed by atoms with E-state index in [4.69, 9.17) is 4.74 Å². The van der Waals surface area contributed by atoms with Crippen molar-refractivity contribution < 1.29 is 14.3 Å². The Balaban J connectivity index is 1.16. The summed E-state index contributed by atoms with van der Waals surface area (Å²) < 4.78 is 8.81. The molecule has 0 saturated carbocycles. The van der Waals surface area contributed by atoms with Crippen LogP contribution in [-0.2, 0) is 36.6 Å². The van der Waals surface area contributed by atoms with E-state index in [-0.39, 0.29) is 29.7 Å². The summed E-state index contributed by atoms with van der Waals surface area (Å²) in [5, 5.41) is 19.0. The minimum absolute atomic E-state index is 0.00486. The van der Waals surface area contributed by atoms with Crippen molar-refractivity contribution in [3.63, 3.8) is 0 Å². The van der Waals surface area contributed by atoms with Crippen LogP contribution in [0.1, 0.15) is 35.4 Å². The van der Waals surface area contributed by atoms with E-state index >= 15 is 0 Å². The van der Waals surface area contributed by atoms with Crippen LogP contribution in [0.2, 0.25) is 0 Å². The molecule has 4 atom stereocenters. The molecule has 4 aromatic rings. The average Bonchev–Trinajstić information content (AvgIpc) is 3.79. The van der Waals surface area contributed by atoms with Crippen LogP contribution in [0, 0.1) is 5.92 Å². The highest BCUT2D eigenvalue weighted by atomic mass is 16.5. The van der Waals surface area contributed by atoms with Gasteiger partial charge in [0.2, 0.25) is 11.8 Å². The first kappa shape index (κ1) is 26.9. The maximum atomic E-state index is 13.9. The zero-order valence-corrected chi connectivity index (χ0v) is 23.7. The van der Waals surface area contributed by atoms with Gasteiger partial charge >= 0.3 is 0 Å². The van der Waals surface area contributed by atoms with Crippen molar-refractivity contribution in [1.82, 2.24) is 40.3 Å². The molecule has 0 bridgehead atoms. The van der Waals surface area contributed by atoms with Crippen LogP contribution in [0.25, 0.3) is 11.0 Å². The fourth-order valence-corrected chi connectivity index (χ4v) is 6.19. The van der Waals surface area contributed by atoms with Gasteiger partial charge in [-0.3, -0.25) is 14.3 Å². The first-order valence-electron chi connectivity index (χ1n) is 14.1. The summed E-state index contributed by atoms with van der Waals surface area (Å²) in [6.07, 6.45) is 5.97. The highest BCUT2D eigenvalue weighted by molar-refractivity contribution is 5.90. The summed E-state index contributed by atoms with van der Waals surface area (Å²) in [5.74, 6) is 1.07. The van der Waals surface area contributed by atoms with Crippen molar-refractivity contribution in [3.05, 3.63) is 71.5 Å². The van der Waals surface area contributed by atoms with Crippen LogP contribution in [0.3, 0.4) is 0 Å². The second-order valence-corrected chi connectivity index (χ2v) is 11.3. The van der Waals surface area contributed by atoms with E-state index < -0.39 is 6.04 Å². The van der Waals surface area contributed by atoms with Crippen LogP contribution >= 0.6 is 0 Å². The molecule has 4 heterocycles. The molecule has 2 aromatic heterocycles. The fourth-order valence-electron chi connectivity index (χ4n) is 6.19. The van der Waals surface area contributed by atoms with Crippen molar-refractivity contribution in [1.29, 1.82) is 0 Å². The molecule has 6 rings (SSSR count). The van der Waals surface area contributed by atoms with Gasteiger partial charge in [0, 0.05) is 45.8 Å². The van der Waals surface area contributed by atoms with Gasteiger partial charge in [-0.1, -0.05) is 23.4 Å². The number of carbonyl (C=O) groups is 2. The van der Waals surface area contributed by atoms with Gasteiger partial charge in [0.05, 0.1) is 24.9 Å². The predicted molar refractivity (Wildman–Crippen MR) is 153 cm³/mol. The van der Waals surface area contributed by atoms with Gasteiger partial charge in [-0.25, -0.2) is 4.68 Å². The normalized spacial score (nSPS) is 22.4. The third-order valence-electron chi connectivity index (χ3n) is 8.42. The maximum absolute atomic E-state index is 13.9. The standard InChI is InChI=1S/C30H36N8O3/c1-36-18-23(16-33-36)22-13-26(31-15-22)30(40)38-17-21(10-19-4-7-24(41-3)8-5-19)12-28(38)29(39)32-14-20-6-9-27-25(11-20)34-35-37(27)2/h4-9,11,16,18,21-22,26,28,31H,10,12-15,17H2,1-3H3,(H,32,39)/t21-,22-,26-,28+/m1/s1. The van der Waals surface area contributed by atoms with Gasteiger partial charge in [0.1, 0.15) is 17.3 Å². The summed E-state index contributed by atoms with van der Waals surface area (Å²) in [6.45, 7) is 1.62. The SMILES string of the molecule is COc1ccc(C[C@@H]2C[C@@H](C(=O)NCc3ccc4c(c3)nnn4C)N(C(=O)[C@H]3C[C@@H](c4cnn(C)c4)CN3)C2)cc1. The lowest BCUT2D eigenvalue weighted by Gasteiger charge is -2.27.